The van der Waals surface area contributed by atoms with Crippen molar-refractivity contribution in [3.8, 4) is 5.75 Å². The molecule has 1 aromatic rings. The molecule has 1 aromatic carbocycles. The van der Waals surface area contributed by atoms with Gasteiger partial charge in [-0.15, -0.1) is 0 Å². The molecule has 0 radical (unpaired) electrons. The molecule has 3 heteroatoms. The van der Waals surface area contributed by atoms with Gasteiger partial charge in [0, 0.05) is 0 Å². The van der Waals surface area contributed by atoms with E-state index in [0.717, 1.165) is 18.4 Å². The molecule has 0 aliphatic heterocycles. The van der Waals surface area contributed by atoms with Gasteiger partial charge in [0.15, 0.2) is 0 Å². The molecule has 0 amide bonds. The van der Waals surface area contributed by atoms with Crippen molar-refractivity contribution in [3.63, 3.8) is 0 Å². The Morgan fingerprint density at radius 3 is 2.82 bits per heavy atom. The molecule has 0 bridgehead atoms. The molecule has 3 nitrogen and oxygen atoms in total. The molecule has 0 unspecified atom stereocenters. The summed E-state index contributed by atoms with van der Waals surface area (Å²) in [6, 6.07) is 7.21. The highest BCUT2D eigenvalue weighted by atomic mass is 16.5. The first-order valence-electron chi connectivity index (χ1n) is 6.06. The molecule has 92 valence electrons. The average molecular weight is 234 g/mol. The first-order valence-corrected chi connectivity index (χ1v) is 6.06. The van der Waals surface area contributed by atoms with Gasteiger partial charge in [-0.25, -0.2) is 0 Å². The lowest BCUT2D eigenvalue weighted by Gasteiger charge is -2.33. The zero-order valence-corrected chi connectivity index (χ0v) is 10.1. The van der Waals surface area contributed by atoms with Crippen LogP contribution in [0, 0.1) is 5.92 Å². The number of hydrogen-bond acceptors (Lipinski definition) is 3. The predicted molar refractivity (Wildman–Crippen MR) is 64.8 cm³/mol. The molecule has 1 aliphatic carbocycles. The summed E-state index contributed by atoms with van der Waals surface area (Å²) in [7, 11) is 1.42. The molecule has 1 fully saturated rings. The summed E-state index contributed by atoms with van der Waals surface area (Å²) in [4.78, 5) is 11.4. The molecule has 1 atom stereocenters. The third-order valence-electron chi connectivity index (χ3n) is 3.63. The van der Waals surface area contributed by atoms with E-state index in [1.807, 2.05) is 12.1 Å². The van der Waals surface area contributed by atoms with Crippen molar-refractivity contribution in [2.24, 2.45) is 5.92 Å². The van der Waals surface area contributed by atoms with Crippen molar-refractivity contribution in [3.05, 3.63) is 29.8 Å². The predicted octanol–water partition coefficient (Wildman–Crippen LogP) is 2.84. The minimum absolute atomic E-state index is 0.176. The fourth-order valence-electron chi connectivity index (χ4n) is 2.42. The number of aromatic hydroxyl groups is 1. The second kappa shape index (κ2) is 5.21. The van der Waals surface area contributed by atoms with Crippen molar-refractivity contribution < 1.29 is 14.6 Å². The van der Waals surface area contributed by atoms with E-state index in [1.54, 1.807) is 12.1 Å². The standard InChI is InChI=1S/C14H18O3/c1-17-14(16)9-13(10-4-2-5-10)11-6-3-7-12(15)8-11/h3,6-8,10,13,15H,2,4-5,9H2,1H3/t13-/m0/s1. The number of phenolic OH excluding ortho intramolecular Hbond substituents is 1. The average Bonchev–Trinajstić information content (AvgIpc) is 2.25. The Labute approximate surface area is 101 Å². The summed E-state index contributed by atoms with van der Waals surface area (Å²) in [6.07, 6.45) is 3.97. The fourth-order valence-corrected chi connectivity index (χ4v) is 2.42. The molecule has 0 aromatic heterocycles. The van der Waals surface area contributed by atoms with Crippen LogP contribution in [0.5, 0.6) is 5.75 Å². The fraction of sp³-hybridized carbons (Fsp3) is 0.500. The molecule has 0 saturated heterocycles. The first kappa shape index (κ1) is 12.0. The Hall–Kier alpha value is -1.51. The minimum atomic E-state index is -0.176. The molecular weight excluding hydrogens is 216 g/mol. The van der Waals surface area contributed by atoms with E-state index in [-0.39, 0.29) is 17.6 Å². The molecule has 1 saturated carbocycles. The molecule has 1 N–H and O–H groups in total. The Kier molecular flexibility index (Phi) is 3.67. The number of methoxy groups -OCH3 is 1. The van der Waals surface area contributed by atoms with Crippen LogP contribution in [0.25, 0.3) is 0 Å². The molecule has 0 spiro atoms. The zero-order chi connectivity index (χ0) is 12.3. The van der Waals surface area contributed by atoms with Crippen LogP contribution in [0.15, 0.2) is 24.3 Å². The molecule has 2 rings (SSSR count). The van der Waals surface area contributed by atoms with E-state index in [1.165, 1.54) is 13.5 Å². The summed E-state index contributed by atoms with van der Waals surface area (Å²) >= 11 is 0. The molecule has 0 heterocycles. The highest BCUT2D eigenvalue weighted by Gasteiger charge is 2.30. The van der Waals surface area contributed by atoms with Crippen molar-refractivity contribution in [1.82, 2.24) is 0 Å². The van der Waals surface area contributed by atoms with Gasteiger partial charge in [-0.05, 0) is 42.4 Å². The normalized spacial score (nSPS) is 17.2. The van der Waals surface area contributed by atoms with Crippen molar-refractivity contribution in [2.75, 3.05) is 7.11 Å². The van der Waals surface area contributed by atoms with Gasteiger partial charge >= 0.3 is 5.97 Å². The number of carbonyl (C=O) groups excluding carboxylic acids is 1. The minimum Gasteiger partial charge on any atom is -0.508 e. The lowest BCUT2D eigenvalue weighted by atomic mass is 9.71. The SMILES string of the molecule is COC(=O)C[C@H](c1cccc(O)c1)C1CCC1. The molecule has 17 heavy (non-hydrogen) atoms. The van der Waals surface area contributed by atoms with Crippen LogP contribution >= 0.6 is 0 Å². The van der Waals surface area contributed by atoms with Crippen LogP contribution in [0.2, 0.25) is 0 Å². The summed E-state index contributed by atoms with van der Waals surface area (Å²) < 4.78 is 4.75. The second-order valence-corrected chi connectivity index (χ2v) is 4.67. The Morgan fingerprint density at radius 2 is 2.29 bits per heavy atom. The third kappa shape index (κ3) is 2.78. The number of hydrogen-bond donors (Lipinski definition) is 1. The van der Waals surface area contributed by atoms with E-state index >= 15 is 0 Å². The lowest BCUT2D eigenvalue weighted by molar-refractivity contribution is -0.141. The van der Waals surface area contributed by atoms with Crippen LogP contribution in [-0.4, -0.2) is 18.2 Å². The van der Waals surface area contributed by atoms with Gasteiger partial charge in [0.2, 0.25) is 0 Å². The highest BCUT2D eigenvalue weighted by molar-refractivity contribution is 5.70. The summed E-state index contributed by atoms with van der Waals surface area (Å²) in [5.74, 6) is 0.820. The lowest BCUT2D eigenvalue weighted by Crippen LogP contribution is -2.23. The maximum Gasteiger partial charge on any atom is 0.306 e. The van der Waals surface area contributed by atoms with Crippen LogP contribution < -0.4 is 0 Å². The Bertz CT molecular complexity index is 396. The van der Waals surface area contributed by atoms with E-state index in [9.17, 15) is 9.90 Å². The third-order valence-corrected chi connectivity index (χ3v) is 3.63. The monoisotopic (exact) mass is 234 g/mol. The van der Waals surface area contributed by atoms with Crippen LogP contribution in [0.4, 0.5) is 0 Å². The van der Waals surface area contributed by atoms with Crippen LogP contribution in [0.1, 0.15) is 37.2 Å². The largest absolute Gasteiger partial charge is 0.508 e. The zero-order valence-electron chi connectivity index (χ0n) is 10.1. The van der Waals surface area contributed by atoms with Crippen LogP contribution in [0.3, 0.4) is 0 Å². The van der Waals surface area contributed by atoms with E-state index < -0.39 is 0 Å². The van der Waals surface area contributed by atoms with E-state index in [4.69, 9.17) is 4.74 Å². The van der Waals surface area contributed by atoms with Crippen molar-refractivity contribution in [1.29, 1.82) is 0 Å². The van der Waals surface area contributed by atoms with Gasteiger partial charge in [-0.3, -0.25) is 4.79 Å². The number of carbonyl (C=O) groups is 1. The summed E-state index contributed by atoms with van der Waals surface area (Å²) in [5, 5.41) is 9.51. The number of ether oxygens (including phenoxy) is 1. The maximum absolute atomic E-state index is 11.4. The van der Waals surface area contributed by atoms with Gasteiger partial charge in [-0.1, -0.05) is 18.6 Å². The van der Waals surface area contributed by atoms with Gasteiger partial charge in [-0.2, -0.15) is 0 Å². The number of esters is 1. The first-order chi connectivity index (χ1) is 8.20. The van der Waals surface area contributed by atoms with Crippen molar-refractivity contribution >= 4 is 5.97 Å². The summed E-state index contributed by atoms with van der Waals surface area (Å²) in [6.45, 7) is 0. The number of phenols is 1. The smallest absolute Gasteiger partial charge is 0.306 e. The number of rotatable bonds is 4. The Morgan fingerprint density at radius 1 is 1.53 bits per heavy atom. The molecular formula is C14H18O3. The number of benzene rings is 1. The van der Waals surface area contributed by atoms with Gasteiger partial charge in [0.05, 0.1) is 13.5 Å². The van der Waals surface area contributed by atoms with Gasteiger partial charge in [0.1, 0.15) is 5.75 Å². The van der Waals surface area contributed by atoms with Gasteiger partial charge < -0.3 is 9.84 Å². The maximum atomic E-state index is 11.4. The molecule has 1 aliphatic rings. The van der Waals surface area contributed by atoms with E-state index in [0.29, 0.717) is 12.3 Å². The highest BCUT2D eigenvalue weighted by Crippen LogP contribution is 2.41. The Balaban J connectivity index is 2.17. The van der Waals surface area contributed by atoms with Gasteiger partial charge in [0.25, 0.3) is 0 Å². The summed E-state index contributed by atoms with van der Waals surface area (Å²) in [5.41, 5.74) is 1.04. The quantitative estimate of drug-likeness (QED) is 0.815. The second-order valence-electron chi connectivity index (χ2n) is 4.67. The topological polar surface area (TPSA) is 46.5 Å². The van der Waals surface area contributed by atoms with E-state index in [2.05, 4.69) is 0 Å². The van der Waals surface area contributed by atoms with Crippen LogP contribution in [-0.2, 0) is 9.53 Å². The van der Waals surface area contributed by atoms with Crippen molar-refractivity contribution in [2.45, 2.75) is 31.6 Å².